The van der Waals surface area contributed by atoms with Crippen molar-refractivity contribution >= 4 is 11.8 Å². The molecule has 0 fully saturated rings. The second kappa shape index (κ2) is 5.60. The fourth-order valence-corrected chi connectivity index (χ4v) is 1.55. The molecule has 1 rings (SSSR count). The normalized spacial score (nSPS) is 10.6. The van der Waals surface area contributed by atoms with Gasteiger partial charge < -0.3 is 20.6 Å². The van der Waals surface area contributed by atoms with Crippen LogP contribution in [-0.2, 0) is 0 Å². The highest BCUT2D eigenvalue weighted by Gasteiger charge is 2.18. The summed E-state index contributed by atoms with van der Waals surface area (Å²) in [4.78, 5) is 15.2. The summed E-state index contributed by atoms with van der Waals surface area (Å²) in [6.45, 7) is 2.82. The fraction of sp³-hybridized carbons (Fsp3) is 0.455. The molecule has 0 aliphatic carbocycles. The molecule has 6 heteroatoms. The molecule has 0 unspecified atom stereocenters. The van der Waals surface area contributed by atoms with E-state index < -0.39 is 12.0 Å². The molecule has 94 valence electrons. The molecule has 1 heterocycles. The lowest BCUT2D eigenvalue weighted by Crippen LogP contribution is -2.29. The van der Waals surface area contributed by atoms with Gasteiger partial charge in [-0.25, -0.2) is 9.78 Å². The van der Waals surface area contributed by atoms with Gasteiger partial charge in [0.15, 0.2) is 0 Å². The van der Waals surface area contributed by atoms with Gasteiger partial charge >= 0.3 is 5.97 Å². The van der Waals surface area contributed by atoms with Crippen LogP contribution in [0.15, 0.2) is 6.07 Å². The number of aryl methyl sites for hydroxylation is 2. The molecule has 4 N–H and O–H groups in total. The van der Waals surface area contributed by atoms with E-state index >= 15 is 0 Å². The van der Waals surface area contributed by atoms with E-state index in [0.29, 0.717) is 11.3 Å². The Hall–Kier alpha value is -1.66. The maximum absolute atomic E-state index is 11.1. The van der Waals surface area contributed by atoms with Gasteiger partial charge in [0.1, 0.15) is 11.4 Å². The summed E-state index contributed by atoms with van der Waals surface area (Å²) in [6.07, 6.45) is 0. The van der Waals surface area contributed by atoms with Crippen LogP contribution < -0.4 is 5.32 Å². The van der Waals surface area contributed by atoms with Crippen LogP contribution in [0.1, 0.15) is 21.6 Å². The van der Waals surface area contributed by atoms with Crippen molar-refractivity contribution in [1.82, 2.24) is 4.98 Å². The van der Waals surface area contributed by atoms with Gasteiger partial charge in [0.25, 0.3) is 0 Å². The quantitative estimate of drug-likeness (QED) is 0.584. The predicted molar refractivity (Wildman–Crippen MR) is 62.3 cm³/mol. The minimum absolute atomic E-state index is 0.0579. The van der Waals surface area contributed by atoms with E-state index in [2.05, 4.69) is 10.3 Å². The van der Waals surface area contributed by atoms with E-state index in [1.165, 1.54) is 0 Å². The Morgan fingerprint density at radius 2 is 2.00 bits per heavy atom. The summed E-state index contributed by atoms with van der Waals surface area (Å²) >= 11 is 0. The summed E-state index contributed by atoms with van der Waals surface area (Å²) in [5.41, 5.74) is 1.31. The van der Waals surface area contributed by atoms with Crippen LogP contribution in [0.3, 0.4) is 0 Å². The minimum atomic E-state index is -1.09. The zero-order chi connectivity index (χ0) is 13.0. The van der Waals surface area contributed by atoms with Crippen molar-refractivity contribution in [2.45, 2.75) is 19.9 Å². The van der Waals surface area contributed by atoms with Crippen molar-refractivity contribution in [1.29, 1.82) is 0 Å². The molecule has 17 heavy (non-hydrogen) atoms. The molecule has 0 radical (unpaired) electrons. The Bertz CT molecular complexity index is 416. The molecule has 0 aromatic carbocycles. The predicted octanol–water partition coefficient (Wildman–Crippen LogP) is 0.162. The molecule has 1 aromatic rings. The number of nitrogens with one attached hydrogen (secondary N) is 1. The first-order valence-electron chi connectivity index (χ1n) is 5.19. The van der Waals surface area contributed by atoms with Gasteiger partial charge in [-0.1, -0.05) is 0 Å². The summed E-state index contributed by atoms with van der Waals surface area (Å²) < 4.78 is 0. The van der Waals surface area contributed by atoms with Crippen LogP contribution in [0, 0.1) is 13.8 Å². The highest BCUT2D eigenvalue weighted by Crippen LogP contribution is 2.19. The number of pyridine rings is 1. The first-order valence-corrected chi connectivity index (χ1v) is 5.19. The van der Waals surface area contributed by atoms with E-state index in [9.17, 15) is 4.79 Å². The molecule has 0 bridgehead atoms. The number of aliphatic hydroxyl groups is 2. The summed E-state index contributed by atoms with van der Waals surface area (Å²) in [5, 5.41) is 29.7. The Kier molecular flexibility index (Phi) is 4.42. The second-order valence-electron chi connectivity index (χ2n) is 3.82. The Labute approximate surface area is 98.9 Å². The van der Waals surface area contributed by atoms with E-state index in [-0.39, 0.29) is 24.6 Å². The van der Waals surface area contributed by atoms with Gasteiger partial charge in [-0.05, 0) is 25.5 Å². The fourth-order valence-electron chi connectivity index (χ4n) is 1.55. The molecular weight excluding hydrogens is 224 g/mol. The average Bonchev–Trinajstić information content (AvgIpc) is 2.24. The first kappa shape index (κ1) is 13.4. The van der Waals surface area contributed by atoms with Crippen LogP contribution in [0.2, 0.25) is 0 Å². The standard InChI is InChI=1S/C11H16N2O4/c1-6-3-7(2)12-10(9(6)11(16)17)13-8(4-14)5-15/h3,8,14-15H,4-5H2,1-2H3,(H,12,13)(H,16,17). The van der Waals surface area contributed by atoms with E-state index in [4.69, 9.17) is 15.3 Å². The minimum Gasteiger partial charge on any atom is -0.478 e. The third kappa shape index (κ3) is 3.15. The second-order valence-corrected chi connectivity index (χ2v) is 3.82. The number of hydrogen-bond acceptors (Lipinski definition) is 5. The molecule has 1 aromatic heterocycles. The molecule has 0 aliphatic rings. The Morgan fingerprint density at radius 3 is 2.47 bits per heavy atom. The molecule has 0 amide bonds. The molecule has 0 saturated heterocycles. The van der Waals surface area contributed by atoms with Gasteiger partial charge in [-0.15, -0.1) is 0 Å². The van der Waals surface area contributed by atoms with Crippen LogP contribution in [-0.4, -0.2) is 45.5 Å². The Morgan fingerprint density at radius 1 is 1.41 bits per heavy atom. The van der Waals surface area contributed by atoms with Crippen LogP contribution in [0.4, 0.5) is 5.82 Å². The number of carboxylic acid groups (broad SMARTS) is 1. The van der Waals surface area contributed by atoms with Crippen molar-refractivity contribution < 1.29 is 20.1 Å². The van der Waals surface area contributed by atoms with Gasteiger partial charge in [0, 0.05) is 5.69 Å². The molecule has 0 atom stereocenters. The summed E-state index contributed by atoms with van der Waals surface area (Å²) in [5.74, 6) is -0.921. The summed E-state index contributed by atoms with van der Waals surface area (Å²) in [7, 11) is 0. The SMILES string of the molecule is Cc1cc(C)c(C(=O)O)c(NC(CO)CO)n1. The van der Waals surface area contributed by atoms with E-state index in [1.807, 2.05) is 0 Å². The van der Waals surface area contributed by atoms with Crippen molar-refractivity contribution in [2.24, 2.45) is 0 Å². The molecule has 0 spiro atoms. The van der Waals surface area contributed by atoms with Crippen molar-refractivity contribution in [3.05, 3.63) is 22.9 Å². The third-order valence-electron chi connectivity index (χ3n) is 2.34. The van der Waals surface area contributed by atoms with Crippen LogP contribution in [0.5, 0.6) is 0 Å². The van der Waals surface area contributed by atoms with Crippen molar-refractivity contribution in [3.63, 3.8) is 0 Å². The van der Waals surface area contributed by atoms with Gasteiger partial charge in [0.2, 0.25) is 0 Å². The van der Waals surface area contributed by atoms with Gasteiger partial charge in [-0.2, -0.15) is 0 Å². The number of anilines is 1. The number of nitrogens with zero attached hydrogens (tertiary/aromatic N) is 1. The maximum Gasteiger partial charge on any atom is 0.339 e. The van der Waals surface area contributed by atoms with E-state index in [0.717, 1.165) is 0 Å². The molecule has 0 saturated carbocycles. The Balaban J connectivity index is 3.16. The van der Waals surface area contributed by atoms with Crippen molar-refractivity contribution in [3.8, 4) is 0 Å². The zero-order valence-corrected chi connectivity index (χ0v) is 9.77. The zero-order valence-electron chi connectivity index (χ0n) is 9.77. The smallest absolute Gasteiger partial charge is 0.339 e. The topological polar surface area (TPSA) is 103 Å². The third-order valence-corrected chi connectivity index (χ3v) is 2.34. The monoisotopic (exact) mass is 240 g/mol. The lowest BCUT2D eigenvalue weighted by Gasteiger charge is -2.17. The largest absolute Gasteiger partial charge is 0.478 e. The number of carboxylic acids is 1. The van der Waals surface area contributed by atoms with Crippen LogP contribution in [0.25, 0.3) is 0 Å². The van der Waals surface area contributed by atoms with Gasteiger partial charge in [0.05, 0.1) is 19.3 Å². The number of hydrogen-bond donors (Lipinski definition) is 4. The number of aromatic nitrogens is 1. The summed E-state index contributed by atoms with van der Waals surface area (Å²) in [6, 6.07) is 1.04. The van der Waals surface area contributed by atoms with E-state index in [1.54, 1.807) is 19.9 Å². The number of aliphatic hydroxyl groups excluding tert-OH is 2. The highest BCUT2D eigenvalue weighted by atomic mass is 16.4. The first-order chi connectivity index (χ1) is 7.99. The van der Waals surface area contributed by atoms with Crippen molar-refractivity contribution in [2.75, 3.05) is 18.5 Å². The van der Waals surface area contributed by atoms with Gasteiger partial charge in [-0.3, -0.25) is 0 Å². The molecular formula is C11H16N2O4. The maximum atomic E-state index is 11.1. The number of aromatic carboxylic acids is 1. The highest BCUT2D eigenvalue weighted by molar-refractivity contribution is 5.94. The molecule has 6 nitrogen and oxygen atoms in total. The lowest BCUT2D eigenvalue weighted by atomic mass is 10.1. The number of carbonyl (C=O) groups is 1. The van der Waals surface area contributed by atoms with Crippen LogP contribution >= 0.6 is 0 Å². The lowest BCUT2D eigenvalue weighted by molar-refractivity contribution is 0.0696. The average molecular weight is 240 g/mol. The molecule has 0 aliphatic heterocycles. The number of rotatable bonds is 5.